The molecule has 0 amide bonds. The summed E-state index contributed by atoms with van der Waals surface area (Å²) in [4.78, 5) is 0. The number of fused-ring (bicyclic) bond motifs is 1. The van der Waals surface area contributed by atoms with Gasteiger partial charge in [0, 0.05) is 12.0 Å². The fraction of sp³-hybridized carbons (Fsp3) is 0.538. The molecule has 0 saturated carbocycles. The molecule has 2 N–H and O–H groups in total. The van der Waals surface area contributed by atoms with E-state index in [2.05, 4.69) is 13.8 Å². The standard InChI is InChI=1S/C13H18FN/c1-8(2)13-10-4-3-5-11(14)9(10)6-7-12(13)15/h3-5,8,12-13H,6-7,15H2,1-2H3. The maximum Gasteiger partial charge on any atom is 0.126 e. The Morgan fingerprint density at radius 3 is 2.80 bits per heavy atom. The van der Waals surface area contributed by atoms with E-state index < -0.39 is 0 Å². The molecule has 0 radical (unpaired) electrons. The first-order valence-corrected chi connectivity index (χ1v) is 5.64. The minimum Gasteiger partial charge on any atom is -0.327 e. The number of benzene rings is 1. The van der Waals surface area contributed by atoms with Crippen molar-refractivity contribution in [1.29, 1.82) is 0 Å². The highest BCUT2D eigenvalue weighted by molar-refractivity contribution is 5.35. The van der Waals surface area contributed by atoms with Crippen molar-refractivity contribution in [3.05, 3.63) is 35.1 Å². The summed E-state index contributed by atoms with van der Waals surface area (Å²) in [7, 11) is 0. The molecule has 0 saturated heterocycles. The molecule has 15 heavy (non-hydrogen) atoms. The summed E-state index contributed by atoms with van der Waals surface area (Å²) in [6.45, 7) is 4.31. The fourth-order valence-electron chi connectivity index (χ4n) is 2.73. The molecule has 1 aromatic rings. The molecule has 0 spiro atoms. The van der Waals surface area contributed by atoms with Crippen LogP contribution in [-0.2, 0) is 6.42 Å². The van der Waals surface area contributed by atoms with Crippen molar-refractivity contribution < 1.29 is 4.39 Å². The van der Waals surface area contributed by atoms with Gasteiger partial charge in [0.05, 0.1) is 0 Å². The summed E-state index contributed by atoms with van der Waals surface area (Å²) >= 11 is 0. The molecule has 2 unspecified atom stereocenters. The van der Waals surface area contributed by atoms with Gasteiger partial charge in [-0.25, -0.2) is 4.39 Å². The molecule has 1 aromatic carbocycles. The van der Waals surface area contributed by atoms with Crippen LogP contribution >= 0.6 is 0 Å². The molecule has 1 nitrogen and oxygen atoms in total. The van der Waals surface area contributed by atoms with Gasteiger partial charge in [-0.3, -0.25) is 0 Å². The molecular formula is C13H18FN. The van der Waals surface area contributed by atoms with Crippen molar-refractivity contribution in [3.63, 3.8) is 0 Å². The molecule has 1 aliphatic rings. The molecule has 2 rings (SSSR count). The van der Waals surface area contributed by atoms with Crippen LogP contribution in [-0.4, -0.2) is 6.04 Å². The molecule has 0 aromatic heterocycles. The smallest absolute Gasteiger partial charge is 0.126 e. The van der Waals surface area contributed by atoms with E-state index >= 15 is 0 Å². The average molecular weight is 207 g/mol. The van der Waals surface area contributed by atoms with Gasteiger partial charge in [-0.1, -0.05) is 26.0 Å². The third-order valence-electron chi connectivity index (χ3n) is 3.42. The van der Waals surface area contributed by atoms with Crippen molar-refractivity contribution in [3.8, 4) is 0 Å². The van der Waals surface area contributed by atoms with Gasteiger partial charge in [-0.2, -0.15) is 0 Å². The Bertz CT molecular complexity index is 360. The highest BCUT2D eigenvalue weighted by Crippen LogP contribution is 2.36. The lowest BCUT2D eigenvalue weighted by molar-refractivity contribution is 0.374. The van der Waals surface area contributed by atoms with E-state index in [4.69, 9.17) is 5.73 Å². The minimum atomic E-state index is -0.0648. The lowest BCUT2D eigenvalue weighted by Gasteiger charge is -2.34. The summed E-state index contributed by atoms with van der Waals surface area (Å²) in [6.07, 6.45) is 1.68. The van der Waals surface area contributed by atoms with E-state index in [9.17, 15) is 4.39 Å². The quantitative estimate of drug-likeness (QED) is 0.753. The predicted molar refractivity (Wildman–Crippen MR) is 60.3 cm³/mol. The lowest BCUT2D eigenvalue weighted by Crippen LogP contribution is -2.36. The molecule has 0 bridgehead atoms. The van der Waals surface area contributed by atoms with Gasteiger partial charge in [-0.05, 0) is 36.0 Å². The second kappa shape index (κ2) is 3.93. The maximum atomic E-state index is 13.6. The summed E-state index contributed by atoms with van der Waals surface area (Å²) in [5.41, 5.74) is 8.14. The molecule has 82 valence electrons. The second-order valence-corrected chi connectivity index (χ2v) is 4.78. The second-order valence-electron chi connectivity index (χ2n) is 4.78. The Kier molecular flexibility index (Phi) is 2.79. The highest BCUT2D eigenvalue weighted by Gasteiger charge is 2.30. The van der Waals surface area contributed by atoms with Crippen LogP contribution in [0.5, 0.6) is 0 Å². The summed E-state index contributed by atoms with van der Waals surface area (Å²) in [5.74, 6) is 0.718. The van der Waals surface area contributed by atoms with E-state index in [0.717, 1.165) is 24.0 Å². The van der Waals surface area contributed by atoms with Crippen LogP contribution in [0.1, 0.15) is 37.3 Å². The summed E-state index contributed by atoms with van der Waals surface area (Å²) in [5, 5.41) is 0. The Morgan fingerprint density at radius 1 is 1.40 bits per heavy atom. The van der Waals surface area contributed by atoms with Crippen molar-refractivity contribution in [2.24, 2.45) is 11.7 Å². The van der Waals surface area contributed by atoms with Crippen LogP contribution < -0.4 is 5.73 Å². The SMILES string of the molecule is CC(C)C1c2cccc(F)c2CCC1N. The third-order valence-corrected chi connectivity index (χ3v) is 3.42. The van der Waals surface area contributed by atoms with Gasteiger partial charge in [0.15, 0.2) is 0 Å². The minimum absolute atomic E-state index is 0.0648. The zero-order chi connectivity index (χ0) is 11.0. The van der Waals surface area contributed by atoms with Gasteiger partial charge in [-0.15, -0.1) is 0 Å². The van der Waals surface area contributed by atoms with E-state index in [0.29, 0.717) is 11.8 Å². The van der Waals surface area contributed by atoms with E-state index in [1.54, 1.807) is 12.1 Å². The van der Waals surface area contributed by atoms with Crippen LogP contribution in [0, 0.1) is 11.7 Å². The van der Waals surface area contributed by atoms with Crippen LogP contribution in [0.25, 0.3) is 0 Å². The molecule has 0 aliphatic heterocycles. The number of nitrogens with two attached hydrogens (primary N) is 1. The predicted octanol–water partition coefficient (Wildman–Crippen LogP) is 2.84. The fourth-order valence-corrected chi connectivity index (χ4v) is 2.73. The first kappa shape index (κ1) is 10.6. The van der Waals surface area contributed by atoms with E-state index in [1.165, 1.54) is 0 Å². The zero-order valence-corrected chi connectivity index (χ0v) is 9.33. The van der Waals surface area contributed by atoms with Crippen LogP contribution in [0.2, 0.25) is 0 Å². The summed E-state index contributed by atoms with van der Waals surface area (Å²) < 4.78 is 13.6. The zero-order valence-electron chi connectivity index (χ0n) is 9.33. The van der Waals surface area contributed by atoms with E-state index in [1.807, 2.05) is 6.07 Å². The molecule has 0 heterocycles. The number of hydrogen-bond donors (Lipinski definition) is 1. The Morgan fingerprint density at radius 2 is 2.13 bits per heavy atom. The number of hydrogen-bond acceptors (Lipinski definition) is 1. The maximum absolute atomic E-state index is 13.6. The molecule has 0 fully saturated rings. The average Bonchev–Trinajstić information content (AvgIpc) is 2.17. The van der Waals surface area contributed by atoms with Crippen molar-refractivity contribution in [2.75, 3.05) is 0 Å². The Balaban J connectivity index is 2.48. The van der Waals surface area contributed by atoms with Crippen molar-refractivity contribution >= 4 is 0 Å². The molecular weight excluding hydrogens is 189 g/mol. The molecule has 2 heteroatoms. The van der Waals surface area contributed by atoms with Gasteiger partial charge < -0.3 is 5.73 Å². The van der Waals surface area contributed by atoms with Crippen molar-refractivity contribution in [2.45, 2.75) is 38.6 Å². The lowest BCUT2D eigenvalue weighted by atomic mass is 9.74. The monoisotopic (exact) mass is 207 g/mol. The van der Waals surface area contributed by atoms with Crippen LogP contribution in [0.15, 0.2) is 18.2 Å². The van der Waals surface area contributed by atoms with Gasteiger partial charge in [0.1, 0.15) is 5.82 Å². The Hall–Kier alpha value is -0.890. The number of halogens is 1. The molecule has 2 atom stereocenters. The topological polar surface area (TPSA) is 26.0 Å². The highest BCUT2D eigenvalue weighted by atomic mass is 19.1. The van der Waals surface area contributed by atoms with Crippen molar-refractivity contribution in [1.82, 2.24) is 0 Å². The van der Waals surface area contributed by atoms with Gasteiger partial charge in [0.2, 0.25) is 0 Å². The van der Waals surface area contributed by atoms with E-state index in [-0.39, 0.29) is 11.9 Å². The summed E-state index contributed by atoms with van der Waals surface area (Å²) in [6, 6.07) is 5.55. The van der Waals surface area contributed by atoms with Crippen LogP contribution in [0.3, 0.4) is 0 Å². The Labute approximate surface area is 90.5 Å². The van der Waals surface area contributed by atoms with Gasteiger partial charge in [0.25, 0.3) is 0 Å². The third kappa shape index (κ3) is 1.78. The number of rotatable bonds is 1. The first-order chi connectivity index (χ1) is 7.11. The normalized spacial score (nSPS) is 25.4. The molecule has 1 aliphatic carbocycles. The van der Waals surface area contributed by atoms with Gasteiger partial charge >= 0.3 is 0 Å². The largest absolute Gasteiger partial charge is 0.327 e. The van der Waals surface area contributed by atoms with Crippen LogP contribution in [0.4, 0.5) is 4.39 Å². The first-order valence-electron chi connectivity index (χ1n) is 5.64.